The van der Waals surface area contributed by atoms with E-state index in [0.29, 0.717) is 12.5 Å². The normalized spacial score (nSPS) is 17.9. The summed E-state index contributed by atoms with van der Waals surface area (Å²) < 4.78 is 6.01. The maximum absolute atomic E-state index is 13.1. The molecule has 2 aromatic rings. The molecule has 2 aliphatic rings. The first-order chi connectivity index (χ1) is 15.7. The Morgan fingerprint density at radius 3 is 2.19 bits per heavy atom. The molecule has 2 aromatic carbocycles. The molecule has 0 N–H and O–H groups in total. The molecule has 5 nitrogen and oxygen atoms in total. The SMILES string of the molecule is CC[C@@H](C(=O)N1CCC(COc2ccc(C(=O)N3CCCC3)cc2)CC1)c1ccccc1. The van der Waals surface area contributed by atoms with Gasteiger partial charge in [-0.25, -0.2) is 0 Å². The molecule has 1 atom stereocenters. The standard InChI is InChI=1S/C27H34N2O3/c1-2-25(22-8-4-3-5-9-22)27(31)29-18-14-21(15-19-29)20-32-24-12-10-23(11-13-24)26(30)28-16-6-7-17-28/h3-5,8-13,21,25H,2,6-7,14-20H2,1H3/t25-/m1/s1. The summed E-state index contributed by atoms with van der Waals surface area (Å²) in [6, 6.07) is 17.6. The van der Waals surface area contributed by atoms with Crippen LogP contribution in [0.4, 0.5) is 0 Å². The summed E-state index contributed by atoms with van der Waals surface area (Å²) in [6.45, 7) is 6.04. The lowest BCUT2D eigenvalue weighted by Crippen LogP contribution is -2.42. The molecule has 0 aliphatic carbocycles. The Hall–Kier alpha value is -2.82. The Balaban J connectivity index is 1.23. The lowest BCUT2D eigenvalue weighted by Gasteiger charge is -2.34. The fourth-order valence-corrected chi connectivity index (χ4v) is 4.79. The fraction of sp³-hybridized carbons (Fsp3) is 0.481. The summed E-state index contributed by atoms with van der Waals surface area (Å²) in [6.07, 6.45) is 4.94. The van der Waals surface area contributed by atoms with E-state index < -0.39 is 0 Å². The lowest BCUT2D eigenvalue weighted by atomic mass is 9.92. The summed E-state index contributed by atoms with van der Waals surface area (Å²) in [7, 11) is 0. The second-order valence-corrected chi connectivity index (χ2v) is 8.97. The predicted molar refractivity (Wildman–Crippen MR) is 126 cm³/mol. The van der Waals surface area contributed by atoms with Crippen LogP contribution in [0.2, 0.25) is 0 Å². The van der Waals surface area contributed by atoms with E-state index in [-0.39, 0.29) is 17.7 Å². The minimum absolute atomic E-state index is 0.0502. The Kier molecular flexibility index (Phi) is 7.46. The molecule has 0 radical (unpaired) electrons. The number of rotatable bonds is 7. The maximum Gasteiger partial charge on any atom is 0.253 e. The highest BCUT2D eigenvalue weighted by Crippen LogP contribution is 2.26. The van der Waals surface area contributed by atoms with Gasteiger partial charge in [0.25, 0.3) is 5.91 Å². The average Bonchev–Trinajstić information content (AvgIpc) is 3.39. The number of nitrogens with zero attached hydrogens (tertiary/aromatic N) is 2. The van der Waals surface area contributed by atoms with Gasteiger partial charge in [-0.05, 0) is 67.9 Å². The van der Waals surface area contributed by atoms with Gasteiger partial charge in [-0.3, -0.25) is 9.59 Å². The molecule has 5 heteroatoms. The first kappa shape index (κ1) is 22.4. The number of hydrogen-bond acceptors (Lipinski definition) is 3. The van der Waals surface area contributed by atoms with E-state index in [9.17, 15) is 9.59 Å². The third kappa shape index (κ3) is 5.32. The van der Waals surface area contributed by atoms with Crippen molar-refractivity contribution in [1.29, 1.82) is 0 Å². The smallest absolute Gasteiger partial charge is 0.253 e. The maximum atomic E-state index is 13.1. The quantitative estimate of drug-likeness (QED) is 0.633. The van der Waals surface area contributed by atoms with E-state index in [0.717, 1.165) is 75.2 Å². The van der Waals surface area contributed by atoms with Gasteiger partial charge in [0.15, 0.2) is 0 Å². The highest BCUT2D eigenvalue weighted by molar-refractivity contribution is 5.94. The number of piperidine rings is 1. The van der Waals surface area contributed by atoms with Gasteiger partial charge in [0.05, 0.1) is 12.5 Å². The van der Waals surface area contributed by atoms with Crippen LogP contribution in [0, 0.1) is 5.92 Å². The summed E-state index contributed by atoms with van der Waals surface area (Å²) >= 11 is 0. The Morgan fingerprint density at radius 2 is 1.56 bits per heavy atom. The van der Waals surface area contributed by atoms with Crippen molar-refractivity contribution in [3.8, 4) is 5.75 Å². The second-order valence-electron chi connectivity index (χ2n) is 8.97. The Labute approximate surface area is 191 Å². The molecular weight excluding hydrogens is 400 g/mol. The Bertz CT molecular complexity index is 883. The van der Waals surface area contributed by atoms with Crippen LogP contribution in [0.25, 0.3) is 0 Å². The van der Waals surface area contributed by atoms with Crippen LogP contribution in [0.15, 0.2) is 54.6 Å². The summed E-state index contributed by atoms with van der Waals surface area (Å²) in [5, 5.41) is 0. The largest absolute Gasteiger partial charge is 0.493 e. The molecule has 0 unspecified atom stereocenters. The van der Waals surface area contributed by atoms with Crippen molar-refractivity contribution < 1.29 is 14.3 Å². The van der Waals surface area contributed by atoms with Crippen molar-refractivity contribution in [3.05, 3.63) is 65.7 Å². The zero-order chi connectivity index (χ0) is 22.3. The average molecular weight is 435 g/mol. The molecule has 0 bridgehead atoms. The molecule has 0 saturated carbocycles. The van der Waals surface area contributed by atoms with Crippen LogP contribution < -0.4 is 4.74 Å². The molecule has 0 spiro atoms. The number of ether oxygens (including phenoxy) is 1. The summed E-state index contributed by atoms with van der Waals surface area (Å²) in [5.41, 5.74) is 1.84. The van der Waals surface area contributed by atoms with E-state index in [2.05, 4.69) is 19.1 Å². The van der Waals surface area contributed by atoms with Crippen LogP contribution >= 0.6 is 0 Å². The van der Waals surface area contributed by atoms with E-state index in [4.69, 9.17) is 4.74 Å². The van der Waals surface area contributed by atoms with Crippen LogP contribution in [0.5, 0.6) is 5.75 Å². The number of likely N-dealkylation sites (tertiary alicyclic amines) is 2. The van der Waals surface area contributed by atoms with E-state index in [1.54, 1.807) is 0 Å². The molecule has 2 heterocycles. The van der Waals surface area contributed by atoms with Crippen molar-refractivity contribution in [2.75, 3.05) is 32.8 Å². The van der Waals surface area contributed by atoms with Gasteiger partial charge in [0.2, 0.25) is 5.91 Å². The van der Waals surface area contributed by atoms with Crippen molar-refractivity contribution in [1.82, 2.24) is 9.80 Å². The third-order valence-electron chi connectivity index (χ3n) is 6.81. The monoisotopic (exact) mass is 434 g/mol. The van der Waals surface area contributed by atoms with Crippen LogP contribution in [-0.4, -0.2) is 54.4 Å². The highest BCUT2D eigenvalue weighted by atomic mass is 16.5. The summed E-state index contributed by atoms with van der Waals surface area (Å²) in [5.74, 6) is 1.56. The minimum Gasteiger partial charge on any atom is -0.493 e. The Morgan fingerprint density at radius 1 is 0.906 bits per heavy atom. The van der Waals surface area contributed by atoms with Crippen LogP contribution in [0.1, 0.15) is 60.9 Å². The van der Waals surface area contributed by atoms with Gasteiger partial charge in [-0.15, -0.1) is 0 Å². The lowest BCUT2D eigenvalue weighted by molar-refractivity contribution is -0.134. The number of carbonyl (C=O) groups is 2. The molecule has 170 valence electrons. The topological polar surface area (TPSA) is 49.9 Å². The third-order valence-corrected chi connectivity index (χ3v) is 6.81. The summed E-state index contributed by atoms with van der Waals surface area (Å²) in [4.78, 5) is 29.5. The van der Waals surface area contributed by atoms with E-state index in [1.165, 1.54) is 0 Å². The number of amides is 2. The highest BCUT2D eigenvalue weighted by Gasteiger charge is 2.28. The number of carbonyl (C=O) groups excluding carboxylic acids is 2. The molecule has 2 amide bonds. The zero-order valence-electron chi connectivity index (χ0n) is 19.0. The van der Waals surface area contributed by atoms with Gasteiger partial charge >= 0.3 is 0 Å². The minimum atomic E-state index is -0.0502. The van der Waals surface area contributed by atoms with Crippen molar-refractivity contribution >= 4 is 11.8 Å². The second kappa shape index (κ2) is 10.7. The molecule has 2 aliphatic heterocycles. The molecule has 32 heavy (non-hydrogen) atoms. The molecule has 2 fully saturated rings. The molecule has 4 rings (SSSR count). The predicted octanol–water partition coefficient (Wildman–Crippen LogP) is 4.73. The van der Waals surface area contributed by atoms with Crippen molar-refractivity contribution in [3.63, 3.8) is 0 Å². The van der Waals surface area contributed by atoms with Gasteiger partial charge in [0, 0.05) is 31.7 Å². The van der Waals surface area contributed by atoms with Gasteiger partial charge in [-0.1, -0.05) is 37.3 Å². The molecule has 0 aromatic heterocycles. The van der Waals surface area contributed by atoms with Crippen LogP contribution in [0.3, 0.4) is 0 Å². The number of hydrogen-bond donors (Lipinski definition) is 0. The first-order valence-electron chi connectivity index (χ1n) is 12.0. The van der Waals surface area contributed by atoms with Gasteiger partial charge in [0.1, 0.15) is 5.75 Å². The number of benzene rings is 2. The first-order valence-corrected chi connectivity index (χ1v) is 12.0. The van der Waals surface area contributed by atoms with Crippen LogP contribution in [-0.2, 0) is 4.79 Å². The van der Waals surface area contributed by atoms with Crippen molar-refractivity contribution in [2.24, 2.45) is 5.92 Å². The molecule has 2 saturated heterocycles. The van der Waals surface area contributed by atoms with E-state index >= 15 is 0 Å². The zero-order valence-corrected chi connectivity index (χ0v) is 19.0. The fourth-order valence-electron chi connectivity index (χ4n) is 4.79. The molecular formula is C27H34N2O3. The van der Waals surface area contributed by atoms with Gasteiger partial charge < -0.3 is 14.5 Å². The van der Waals surface area contributed by atoms with E-state index in [1.807, 2.05) is 52.3 Å². The van der Waals surface area contributed by atoms with Crippen molar-refractivity contribution in [2.45, 2.75) is 44.9 Å². The van der Waals surface area contributed by atoms with Gasteiger partial charge in [-0.2, -0.15) is 0 Å².